The van der Waals surface area contributed by atoms with E-state index in [2.05, 4.69) is 33.0 Å². The minimum absolute atomic E-state index is 0.0641. The van der Waals surface area contributed by atoms with Crippen LogP contribution in [0, 0.1) is 11.3 Å². The molecule has 2 N–H and O–H groups in total. The molecule has 0 spiro atoms. The molecule has 0 aliphatic carbocycles. The lowest BCUT2D eigenvalue weighted by atomic mass is 9.67. The molecule has 0 aromatic carbocycles. The lowest BCUT2D eigenvalue weighted by molar-refractivity contribution is 0.0909. The van der Waals surface area contributed by atoms with E-state index >= 15 is 0 Å². The van der Waals surface area contributed by atoms with Gasteiger partial charge < -0.3 is 10.4 Å². The third-order valence-corrected chi connectivity index (χ3v) is 3.47. The second kappa shape index (κ2) is 3.56. The van der Waals surface area contributed by atoms with Crippen LogP contribution >= 0.6 is 0 Å². The molecule has 3 heteroatoms. The highest BCUT2D eigenvalue weighted by molar-refractivity contribution is 5.65. The van der Waals surface area contributed by atoms with Crippen molar-refractivity contribution >= 4 is 6.09 Å². The summed E-state index contributed by atoms with van der Waals surface area (Å²) in [5, 5.41) is 11.2. The van der Waals surface area contributed by atoms with Crippen molar-refractivity contribution in [2.75, 3.05) is 0 Å². The lowest BCUT2D eigenvalue weighted by Gasteiger charge is -2.44. The first kappa shape index (κ1) is 12.3. The van der Waals surface area contributed by atoms with Crippen LogP contribution in [-0.4, -0.2) is 16.7 Å². The molecule has 3 nitrogen and oxygen atoms in total. The number of nitrogens with one attached hydrogen (secondary N) is 1. The van der Waals surface area contributed by atoms with Gasteiger partial charge in [-0.05, 0) is 25.2 Å². The van der Waals surface area contributed by atoms with E-state index in [9.17, 15) is 4.79 Å². The van der Waals surface area contributed by atoms with Gasteiger partial charge in [-0.3, -0.25) is 0 Å². The topological polar surface area (TPSA) is 49.3 Å². The van der Waals surface area contributed by atoms with E-state index in [1.807, 2.05) is 13.8 Å². The van der Waals surface area contributed by atoms with E-state index in [-0.39, 0.29) is 5.41 Å². The van der Waals surface area contributed by atoms with Crippen molar-refractivity contribution < 1.29 is 9.90 Å². The van der Waals surface area contributed by atoms with Crippen LogP contribution in [0.3, 0.4) is 0 Å². The molecule has 0 atom stereocenters. The van der Waals surface area contributed by atoms with Crippen LogP contribution in [0.15, 0.2) is 0 Å². The molecule has 0 aliphatic heterocycles. The molecule has 13 heavy (non-hydrogen) atoms. The zero-order valence-electron chi connectivity index (χ0n) is 9.43. The van der Waals surface area contributed by atoms with Gasteiger partial charge in [-0.2, -0.15) is 0 Å². The van der Waals surface area contributed by atoms with Gasteiger partial charge in [0.1, 0.15) is 0 Å². The predicted octanol–water partition coefficient (Wildman–Crippen LogP) is 2.71. The Kier molecular flexibility index (Phi) is 3.36. The highest BCUT2D eigenvalue weighted by atomic mass is 16.4. The molecule has 0 aromatic rings. The molecule has 0 fully saturated rings. The SMILES string of the molecule is CC(C)C(C)(C)C(C)(C)NC(=O)O. The maximum Gasteiger partial charge on any atom is 0.405 e. The zero-order valence-corrected chi connectivity index (χ0v) is 9.43. The second-order valence-electron chi connectivity index (χ2n) is 4.93. The highest BCUT2D eigenvalue weighted by Crippen LogP contribution is 2.37. The van der Waals surface area contributed by atoms with Crippen LogP contribution in [0.2, 0.25) is 0 Å². The Morgan fingerprint density at radius 2 is 1.62 bits per heavy atom. The van der Waals surface area contributed by atoms with E-state index in [4.69, 9.17) is 5.11 Å². The number of carboxylic acid groups (broad SMARTS) is 1. The van der Waals surface area contributed by atoms with Crippen LogP contribution in [0.4, 0.5) is 4.79 Å². The number of rotatable bonds is 3. The molecule has 0 heterocycles. The summed E-state index contributed by atoms with van der Waals surface area (Å²) in [5.74, 6) is 0.425. The maximum absolute atomic E-state index is 10.6. The predicted molar refractivity (Wildman–Crippen MR) is 53.9 cm³/mol. The third kappa shape index (κ3) is 2.61. The fraction of sp³-hybridized carbons (Fsp3) is 0.900. The minimum Gasteiger partial charge on any atom is -0.465 e. The van der Waals surface area contributed by atoms with Crippen LogP contribution in [0.25, 0.3) is 0 Å². The van der Waals surface area contributed by atoms with Gasteiger partial charge in [0.25, 0.3) is 0 Å². The summed E-state index contributed by atoms with van der Waals surface area (Å²) in [4.78, 5) is 10.6. The van der Waals surface area contributed by atoms with Crippen molar-refractivity contribution in [2.45, 2.75) is 47.1 Å². The van der Waals surface area contributed by atoms with Crippen molar-refractivity contribution in [2.24, 2.45) is 11.3 Å². The van der Waals surface area contributed by atoms with Crippen LogP contribution in [0.5, 0.6) is 0 Å². The first-order valence-electron chi connectivity index (χ1n) is 4.62. The Hall–Kier alpha value is -0.730. The average molecular weight is 187 g/mol. The molecular weight excluding hydrogens is 166 g/mol. The summed E-state index contributed by atoms with van der Waals surface area (Å²) in [5.41, 5.74) is -0.474. The second-order valence-corrected chi connectivity index (χ2v) is 4.93. The largest absolute Gasteiger partial charge is 0.465 e. The van der Waals surface area contributed by atoms with Gasteiger partial charge in [0.05, 0.1) is 0 Å². The number of hydrogen-bond acceptors (Lipinski definition) is 1. The average Bonchev–Trinajstić information content (AvgIpc) is 1.83. The van der Waals surface area contributed by atoms with Crippen molar-refractivity contribution in [1.29, 1.82) is 0 Å². The van der Waals surface area contributed by atoms with Gasteiger partial charge in [0.15, 0.2) is 0 Å². The lowest BCUT2D eigenvalue weighted by Crippen LogP contribution is -2.55. The van der Waals surface area contributed by atoms with Crippen LogP contribution in [0.1, 0.15) is 41.5 Å². The summed E-state index contributed by atoms with van der Waals surface area (Å²) >= 11 is 0. The summed E-state index contributed by atoms with van der Waals surface area (Å²) in [6, 6.07) is 0. The third-order valence-electron chi connectivity index (χ3n) is 3.47. The Morgan fingerprint density at radius 3 is 1.85 bits per heavy atom. The molecule has 1 amide bonds. The molecule has 0 saturated heterocycles. The molecule has 0 saturated carbocycles. The molecule has 0 rings (SSSR count). The fourth-order valence-electron chi connectivity index (χ4n) is 1.15. The molecule has 0 unspecified atom stereocenters. The summed E-state index contributed by atoms with van der Waals surface area (Å²) < 4.78 is 0. The molecular formula is C10H21NO2. The van der Waals surface area contributed by atoms with Crippen molar-refractivity contribution in [3.63, 3.8) is 0 Å². The van der Waals surface area contributed by atoms with Gasteiger partial charge in [-0.1, -0.05) is 27.7 Å². The van der Waals surface area contributed by atoms with Gasteiger partial charge in [-0.25, -0.2) is 4.79 Å². The number of amides is 1. The highest BCUT2D eigenvalue weighted by Gasteiger charge is 2.40. The van der Waals surface area contributed by atoms with Crippen molar-refractivity contribution in [3.8, 4) is 0 Å². The van der Waals surface area contributed by atoms with Crippen LogP contribution < -0.4 is 5.32 Å². The first-order valence-corrected chi connectivity index (χ1v) is 4.62. The Morgan fingerprint density at radius 1 is 1.23 bits per heavy atom. The molecule has 0 bridgehead atoms. The molecule has 0 aromatic heterocycles. The van der Waals surface area contributed by atoms with E-state index < -0.39 is 11.6 Å². The van der Waals surface area contributed by atoms with E-state index in [1.165, 1.54) is 0 Å². The molecule has 0 aliphatic rings. The molecule has 78 valence electrons. The Bertz CT molecular complexity index is 195. The van der Waals surface area contributed by atoms with E-state index in [0.29, 0.717) is 5.92 Å². The smallest absolute Gasteiger partial charge is 0.405 e. The van der Waals surface area contributed by atoms with Crippen molar-refractivity contribution in [1.82, 2.24) is 5.32 Å². The normalized spacial score (nSPS) is 13.2. The summed E-state index contributed by atoms with van der Waals surface area (Å²) in [7, 11) is 0. The van der Waals surface area contributed by atoms with Gasteiger partial charge in [0.2, 0.25) is 0 Å². The standard InChI is InChI=1S/C10H21NO2/c1-7(2)9(3,4)10(5,6)11-8(12)13/h7,11H,1-6H3,(H,12,13). The fourth-order valence-corrected chi connectivity index (χ4v) is 1.15. The Balaban J connectivity index is 4.70. The van der Waals surface area contributed by atoms with Gasteiger partial charge in [-0.15, -0.1) is 0 Å². The van der Waals surface area contributed by atoms with E-state index in [0.717, 1.165) is 0 Å². The first-order chi connectivity index (χ1) is 5.61. The van der Waals surface area contributed by atoms with Crippen molar-refractivity contribution in [3.05, 3.63) is 0 Å². The molecule has 0 radical (unpaired) electrons. The van der Waals surface area contributed by atoms with Crippen LogP contribution in [-0.2, 0) is 0 Å². The summed E-state index contributed by atoms with van der Waals surface area (Å²) in [6.45, 7) is 12.2. The number of carbonyl (C=O) groups is 1. The minimum atomic E-state index is -0.960. The van der Waals surface area contributed by atoms with Gasteiger partial charge in [0, 0.05) is 5.54 Å². The summed E-state index contributed by atoms with van der Waals surface area (Å²) in [6.07, 6.45) is -0.960. The van der Waals surface area contributed by atoms with E-state index in [1.54, 1.807) is 0 Å². The maximum atomic E-state index is 10.6. The zero-order chi connectivity index (χ0) is 10.9. The van der Waals surface area contributed by atoms with Gasteiger partial charge >= 0.3 is 6.09 Å². The monoisotopic (exact) mass is 187 g/mol. The Labute approximate surface area is 80.5 Å². The number of hydrogen-bond donors (Lipinski definition) is 2. The quantitative estimate of drug-likeness (QED) is 0.713.